The summed E-state index contributed by atoms with van der Waals surface area (Å²) >= 11 is 0. The van der Waals surface area contributed by atoms with Crippen LogP contribution in [0.25, 0.3) is 5.52 Å². The van der Waals surface area contributed by atoms with Gasteiger partial charge in [-0.2, -0.15) is 5.10 Å². The fourth-order valence-corrected chi connectivity index (χ4v) is 3.84. The molecule has 2 heterocycles. The molecule has 0 amide bonds. The molecule has 1 aliphatic carbocycles. The number of carbonyl (C=O) groups is 1. The number of aromatic nitrogens is 2. The molecule has 1 aromatic carbocycles. The van der Waals surface area contributed by atoms with Crippen LogP contribution in [0.1, 0.15) is 40.4 Å². The molecule has 6 nitrogen and oxygen atoms in total. The molecule has 28 heavy (non-hydrogen) atoms. The smallest absolute Gasteiger partial charge is 0.340 e. The van der Waals surface area contributed by atoms with Crippen LogP contribution in [0.5, 0.6) is 11.5 Å². The SMILES string of the molecule is CCOC(=O)c1cn2nccc(OC3CCc4cc(OC)ccc4C3)c2c1C. The average Bonchev–Trinajstić information content (AvgIpc) is 3.05. The van der Waals surface area contributed by atoms with Crippen molar-refractivity contribution < 1.29 is 19.0 Å². The van der Waals surface area contributed by atoms with E-state index in [0.29, 0.717) is 12.2 Å². The van der Waals surface area contributed by atoms with E-state index in [-0.39, 0.29) is 12.1 Å². The van der Waals surface area contributed by atoms with Crippen molar-refractivity contribution in [2.24, 2.45) is 0 Å². The Kier molecular flexibility index (Phi) is 4.94. The number of nitrogens with zero attached hydrogens (tertiary/aromatic N) is 2. The fraction of sp³-hybridized carbons (Fsp3) is 0.364. The number of aryl methyl sites for hydroxylation is 2. The van der Waals surface area contributed by atoms with Crippen molar-refractivity contribution in [1.29, 1.82) is 0 Å². The Labute approximate surface area is 164 Å². The average molecular weight is 380 g/mol. The quantitative estimate of drug-likeness (QED) is 0.631. The molecule has 0 spiro atoms. The van der Waals surface area contributed by atoms with Crippen molar-refractivity contribution in [3.05, 3.63) is 58.9 Å². The Morgan fingerprint density at radius 1 is 1.29 bits per heavy atom. The van der Waals surface area contributed by atoms with E-state index in [2.05, 4.69) is 17.2 Å². The van der Waals surface area contributed by atoms with Crippen molar-refractivity contribution in [2.45, 2.75) is 39.2 Å². The van der Waals surface area contributed by atoms with Gasteiger partial charge in [-0.25, -0.2) is 9.31 Å². The maximum atomic E-state index is 12.2. The highest BCUT2D eigenvalue weighted by Gasteiger charge is 2.23. The third-order valence-electron chi connectivity index (χ3n) is 5.28. The van der Waals surface area contributed by atoms with Gasteiger partial charge in [-0.15, -0.1) is 0 Å². The highest BCUT2D eigenvalue weighted by atomic mass is 16.5. The van der Waals surface area contributed by atoms with Crippen LogP contribution < -0.4 is 9.47 Å². The normalized spacial score (nSPS) is 15.9. The van der Waals surface area contributed by atoms with Crippen LogP contribution in [0.4, 0.5) is 0 Å². The summed E-state index contributed by atoms with van der Waals surface area (Å²) < 4.78 is 18.5. The molecular weight excluding hydrogens is 356 g/mol. The molecule has 0 saturated heterocycles. The summed E-state index contributed by atoms with van der Waals surface area (Å²) in [7, 11) is 1.69. The first kappa shape index (κ1) is 18.3. The molecule has 0 radical (unpaired) electrons. The highest BCUT2D eigenvalue weighted by Crippen LogP contribution is 2.31. The Morgan fingerprint density at radius 2 is 2.14 bits per heavy atom. The minimum atomic E-state index is -0.336. The molecule has 2 aromatic heterocycles. The molecule has 0 fully saturated rings. The summed E-state index contributed by atoms with van der Waals surface area (Å²) in [5.74, 6) is 1.30. The Hall–Kier alpha value is -3.02. The summed E-state index contributed by atoms with van der Waals surface area (Å²) in [6.45, 7) is 4.04. The lowest BCUT2D eigenvalue weighted by atomic mass is 9.89. The van der Waals surface area contributed by atoms with Gasteiger partial charge < -0.3 is 14.2 Å². The van der Waals surface area contributed by atoms with E-state index in [4.69, 9.17) is 14.2 Å². The summed E-state index contributed by atoms with van der Waals surface area (Å²) in [5, 5.41) is 4.33. The zero-order valence-electron chi connectivity index (χ0n) is 16.4. The van der Waals surface area contributed by atoms with Crippen molar-refractivity contribution in [2.75, 3.05) is 13.7 Å². The molecule has 3 aromatic rings. The molecule has 0 bridgehead atoms. The van der Waals surface area contributed by atoms with E-state index in [1.54, 1.807) is 30.9 Å². The Morgan fingerprint density at radius 3 is 2.93 bits per heavy atom. The first-order chi connectivity index (χ1) is 13.6. The lowest BCUT2D eigenvalue weighted by molar-refractivity contribution is 0.0525. The summed E-state index contributed by atoms with van der Waals surface area (Å²) in [4.78, 5) is 12.2. The molecule has 1 aliphatic rings. The molecule has 146 valence electrons. The van der Waals surface area contributed by atoms with Gasteiger partial charge >= 0.3 is 5.97 Å². The van der Waals surface area contributed by atoms with E-state index in [1.165, 1.54) is 11.1 Å². The van der Waals surface area contributed by atoms with Crippen molar-refractivity contribution in [3.8, 4) is 11.5 Å². The van der Waals surface area contributed by atoms with Gasteiger partial charge in [0.25, 0.3) is 0 Å². The monoisotopic (exact) mass is 380 g/mol. The van der Waals surface area contributed by atoms with Gasteiger partial charge in [0.05, 0.1) is 25.5 Å². The van der Waals surface area contributed by atoms with Crippen molar-refractivity contribution in [1.82, 2.24) is 9.61 Å². The maximum Gasteiger partial charge on any atom is 0.340 e. The minimum Gasteiger partial charge on any atom is -0.497 e. The van der Waals surface area contributed by atoms with Crippen LogP contribution in [-0.4, -0.2) is 35.4 Å². The predicted octanol–water partition coefficient (Wildman–Crippen LogP) is 3.76. The van der Waals surface area contributed by atoms with Crippen LogP contribution in [0, 0.1) is 6.92 Å². The molecule has 0 saturated carbocycles. The van der Waals surface area contributed by atoms with E-state index < -0.39 is 0 Å². The van der Waals surface area contributed by atoms with Gasteiger partial charge in [0, 0.05) is 18.7 Å². The van der Waals surface area contributed by atoms with E-state index in [0.717, 1.165) is 41.8 Å². The number of carbonyl (C=O) groups excluding carboxylic acids is 1. The van der Waals surface area contributed by atoms with Gasteiger partial charge in [0.1, 0.15) is 23.1 Å². The van der Waals surface area contributed by atoms with Crippen molar-refractivity contribution >= 4 is 11.5 Å². The standard InChI is InChI=1S/C22H24N2O4/c1-4-27-22(25)19-13-24-21(14(19)2)20(9-10-23-24)28-18-8-6-15-11-17(26-3)7-5-16(15)12-18/h5,7,9-11,13,18H,4,6,8,12H2,1-3H3. The number of rotatable bonds is 5. The van der Waals surface area contributed by atoms with Gasteiger partial charge in [0.15, 0.2) is 0 Å². The third-order valence-corrected chi connectivity index (χ3v) is 5.28. The zero-order valence-corrected chi connectivity index (χ0v) is 16.4. The summed E-state index contributed by atoms with van der Waals surface area (Å²) in [6, 6.07) is 8.09. The van der Waals surface area contributed by atoms with Crippen molar-refractivity contribution in [3.63, 3.8) is 0 Å². The lowest BCUT2D eigenvalue weighted by Gasteiger charge is -2.26. The minimum absolute atomic E-state index is 0.0763. The van der Waals surface area contributed by atoms with Gasteiger partial charge in [-0.05, 0) is 55.5 Å². The number of methoxy groups -OCH3 is 1. The number of esters is 1. The molecule has 0 aliphatic heterocycles. The molecule has 1 unspecified atom stereocenters. The molecule has 4 rings (SSSR count). The molecule has 1 atom stereocenters. The first-order valence-corrected chi connectivity index (χ1v) is 9.57. The zero-order chi connectivity index (χ0) is 19.7. The first-order valence-electron chi connectivity index (χ1n) is 9.57. The second-order valence-corrected chi connectivity index (χ2v) is 6.99. The number of fused-ring (bicyclic) bond motifs is 2. The van der Waals surface area contributed by atoms with Crippen LogP contribution in [0.3, 0.4) is 0 Å². The Bertz CT molecular complexity index is 1020. The van der Waals surface area contributed by atoms with E-state index in [9.17, 15) is 4.79 Å². The largest absolute Gasteiger partial charge is 0.497 e. The Balaban J connectivity index is 1.60. The maximum absolute atomic E-state index is 12.2. The van der Waals surface area contributed by atoms with Crippen LogP contribution in [-0.2, 0) is 17.6 Å². The molecule has 6 heteroatoms. The second-order valence-electron chi connectivity index (χ2n) is 6.99. The lowest BCUT2D eigenvalue weighted by Crippen LogP contribution is -2.25. The van der Waals surface area contributed by atoms with E-state index in [1.807, 2.05) is 19.1 Å². The molecular formula is C22H24N2O4. The topological polar surface area (TPSA) is 62.1 Å². The van der Waals surface area contributed by atoms with Gasteiger partial charge in [-0.3, -0.25) is 0 Å². The summed E-state index contributed by atoms with van der Waals surface area (Å²) in [5.41, 5.74) is 4.77. The second kappa shape index (κ2) is 7.54. The number of benzene rings is 1. The van der Waals surface area contributed by atoms with Crippen LogP contribution >= 0.6 is 0 Å². The molecule has 0 N–H and O–H groups in total. The number of ether oxygens (including phenoxy) is 3. The summed E-state index contributed by atoms with van der Waals surface area (Å²) in [6.07, 6.45) is 6.20. The predicted molar refractivity (Wildman–Crippen MR) is 105 cm³/mol. The van der Waals surface area contributed by atoms with Gasteiger partial charge in [-0.1, -0.05) is 6.07 Å². The highest BCUT2D eigenvalue weighted by molar-refractivity contribution is 5.94. The fourth-order valence-electron chi connectivity index (χ4n) is 3.84. The third kappa shape index (κ3) is 3.30. The van der Waals surface area contributed by atoms with Crippen LogP contribution in [0.15, 0.2) is 36.7 Å². The number of hydrogen-bond donors (Lipinski definition) is 0. The number of hydrogen-bond acceptors (Lipinski definition) is 5. The van der Waals surface area contributed by atoms with Gasteiger partial charge in [0.2, 0.25) is 0 Å². The van der Waals surface area contributed by atoms with Crippen LogP contribution in [0.2, 0.25) is 0 Å². The van der Waals surface area contributed by atoms with E-state index >= 15 is 0 Å².